The number of nitrogens with one attached hydrogen (secondary N) is 3. The third-order valence-corrected chi connectivity index (χ3v) is 5.04. The summed E-state index contributed by atoms with van der Waals surface area (Å²) in [5.74, 6) is -1.90. The van der Waals surface area contributed by atoms with E-state index >= 15 is 0 Å². The van der Waals surface area contributed by atoms with Crippen LogP contribution >= 0.6 is 11.8 Å². The Morgan fingerprint density at radius 3 is 2.63 bits per heavy atom. The van der Waals surface area contributed by atoms with Crippen LogP contribution in [-0.4, -0.2) is 59.2 Å². The molecule has 0 bridgehead atoms. The Balaban J connectivity index is 2.32. The SMILES string of the molecule is C[C@H](O)C1NC(=O)c2ccccc2CSC[C@@H](C(N)=O)NC(=O)CNC1=O. The van der Waals surface area contributed by atoms with Gasteiger partial charge in [-0.05, 0) is 18.6 Å². The van der Waals surface area contributed by atoms with Crippen molar-refractivity contribution in [2.24, 2.45) is 5.73 Å². The number of aliphatic hydroxyl groups is 1. The summed E-state index contributed by atoms with van der Waals surface area (Å²) in [7, 11) is 0. The van der Waals surface area contributed by atoms with Crippen LogP contribution in [0.2, 0.25) is 0 Å². The first-order valence-corrected chi connectivity index (χ1v) is 9.46. The Labute approximate surface area is 160 Å². The molecule has 0 saturated heterocycles. The Morgan fingerprint density at radius 1 is 1.26 bits per heavy atom. The molecule has 0 radical (unpaired) electrons. The quantitative estimate of drug-likeness (QED) is 0.412. The molecule has 0 aliphatic carbocycles. The van der Waals surface area contributed by atoms with Gasteiger partial charge in [-0.15, -0.1) is 0 Å². The summed E-state index contributed by atoms with van der Waals surface area (Å²) in [6.45, 7) is 0.946. The molecule has 1 aliphatic rings. The lowest BCUT2D eigenvalue weighted by Gasteiger charge is -2.23. The van der Waals surface area contributed by atoms with Crippen LogP contribution < -0.4 is 21.7 Å². The summed E-state index contributed by atoms with van der Waals surface area (Å²) in [6, 6.07) is 4.68. The standard InChI is InChI=1S/C17H22N4O5S/c1-9(22)14-17(26)19-6-13(23)20-12(15(18)24)8-27-7-10-4-2-3-5-11(10)16(25)21-14/h2-5,9,12,14,22H,6-8H2,1H3,(H2,18,24)(H,19,26)(H,20,23)(H,21,25)/t9-,12-,14?/m0/s1. The number of nitrogens with two attached hydrogens (primary N) is 1. The molecule has 6 N–H and O–H groups in total. The predicted molar refractivity (Wildman–Crippen MR) is 99.7 cm³/mol. The van der Waals surface area contributed by atoms with Crippen molar-refractivity contribution in [2.75, 3.05) is 12.3 Å². The topological polar surface area (TPSA) is 151 Å². The first-order chi connectivity index (χ1) is 12.8. The van der Waals surface area contributed by atoms with Crippen molar-refractivity contribution >= 4 is 35.4 Å². The molecule has 9 nitrogen and oxygen atoms in total. The van der Waals surface area contributed by atoms with Gasteiger partial charge in [0.25, 0.3) is 5.91 Å². The molecule has 4 amide bonds. The average Bonchev–Trinajstić information content (AvgIpc) is 2.62. The average molecular weight is 394 g/mol. The smallest absolute Gasteiger partial charge is 0.252 e. The molecule has 1 aliphatic heterocycles. The van der Waals surface area contributed by atoms with Gasteiger partial charge in [-0.25, -0.2) is 0 Å². The van der Waals surface area contributed by atoms with E-state index in [9.17, 15) is 24.3 Å². The van der Waals surface area contributed by atoms with Crippen molar-refractivity contribution in [2.45, 2.75) is 30.9 Å². The maximum Gasteiger partial charge on any atom is 0.252 e. The van der Waals surface area contributed by atoms with Crippen LogP contribution in [-0.2, 0) is 20.1 Å². The Bertz CT molecular complexity index is 740. The van der Waals surface area contributed by atoms with Crippen molar-refractivity contribution in [3.63, 3.8) is 0 Å². The van der Waals surface area contributed by atoms with E-state index < -0.39 is 48.4 Å². The number of primary amides is 1. The molecule has 0 saturated carbocycles. The van der Waals surface area contributed by atoms with E-state index in [2.05, 4.69) is 16.0 Å². The van der Waals surface area contributed by atoms with Crippen LogP contribution in [0.25, 0.3) is 0 Å². The van der Waals surface area contributed by atoms with Crippen LogP contribution in [0.15, 0.2) is 24.3 Å². The fraction of sp³-hybridized carbons (Fsp3) is 0.412. The van der Waals surface area contributed by atoms with Crippen molar-refractivity contribution in [1.29, 1.82) is 0 Å². The van der Waals surface area contributed by atoms with Crippen LogP contribution in [0.1, 0.15) is 22.8 Å². The van der Waals surface area contributed by atoms with Crippen LogP contribution in [0.4, 0.5) is 0 Å². The third-order valence-electron chi connectivity index (χ3n) is 3.96. The van der Waals surface area contributed by atoms with Gasteiger partial charge in [0, 0.05) is 17.1 Å². The molecule has 1 heterocycles. The van der Waals surface area contributed by atoms with Gasteiger partial charge in [0.15, 0.2) is 0 Å². The lowest BCUT2D eigenvalue weighted by molar-refractivity contribution is -0.130. The zero-order valence-corrected chi connectivity index (χ0v) is 15.5. The molecule has 10 heteroatoms. The summed E-state index contributed by atoms with van der Waals surface area (Å²) >= 11 is 1.34. The minimum Gasteiger partial charge on any atom is -0.391 e. The zero-order chi connectivity index (χ0) is 20.0. The molecule has 1 unspecified atom stereocenters. The number of benzene rings is 1. The van der Waals surface area contributed by atoms with Gasteiger partial charge in [0.2, 0.25) is 17.7 Å². The number of fused-ring (bicyclic) bond motifs is 1. The number of hydrogen-bond donors (Lipinski definition) is 5. The maximum absolute atomic E-state index is 12.6. The first-order valence-electron chi connectivity index (χ1n) is 8.30. The minimum atomic E-state index is -1.24. The van der Waals surface area contributed by atoms with Gasteiger partial charge in [-0.3, -0.25) is 19.2 Å². The largest absolute Gasteiger partial charge is 0.391 e. The molecule has 27 heavy (non-hydrogen) atoms. The van der Waals surface area contributed by atoms with Crippen LogP contribution in [0.5, 0.6) is 0 Å². The zero-order valence-electron chi connectivity index (χ0n) is 14.7. The van der Waals surface area contributed by atoms with Gasteiger partial charge in [-0.1, -0.05) is 18.2 Å². The second kappa shape index (κ2) is 9.38. The van der Waals surface area contributed by atoms with Gasteiger partial charge < -0.3 is 26.8 Å². The second-order valence-electron chi connectivity index (χ2n) is 6.10. The Hall–Kier alpha value is -2.59. The fourth-order valence-electron chi connectivity index (χ4n) is 2.50. The highest BCUT2D eigenvalue weighted by Crippen LogP contribution is 2.18. The number of carbonyl (C=O) groups is 4. The number of aliphatic hydroxyl groups excluding tert-OH is 1. The Kier molecular flexibility index (Phi) is 7.19. The normalized spacial score (nSPS) is 23.1. The third kappa shape index (κ3) is 5.69. The van der Waals surface area contributed by atoms with Crippen molar-refractivity contribution < 1.29 is 24.3 Å². The van der Waals surface area contributed by atoms with E-state index in [0.717, 1.165) is 0 Å². The van der Waals surface area contributed by atoms with Gasteiger partial charge in [0.05, 0.1) is 12.6 Å². The molecular weight excluding hydrogens is 372 g/mol. The number of thioether (sulfide) groups is 1. The van der Waals surface area contributed by atoms with Gasteiger partial charge in [-0.2, -0.15) is 11.8 Å². The van der Waals surface area contributed by atoms with Crippen LogP contribution in [0.3, 0.4) is 0 Å². The molecule has 0 fully saturated rings. The lowest BCUT2D eigenvalue weighted by atomic mass is 10.1. The lowest BCUT2D eigenvalue weighted by Crippen LogP contribution is -2.55. The van der Waals surface area contributed by atoms with E-state index in [1.807, 2.05) is 0 Å². The molecule has 1 aromatic carbocycles. The number of hydrogen-bond acceptors (Lipinski definition) is 6. The molecular formula is C17H22N4O5S. The van der Waals surface area contributed by atoms with E-state index in [1.54, 1.807) is 24.3 Å². The molecule has 1 aromatic rings. The van der Waals surface area contributed by atoms with E-state index in [0.29, 0.717) is 16.9 Å². The summed E-state index contributed by atoms with van der Waals surface area (Å²) in [5.41, 5.74) is 6.37. The molecule has 3 atom stereocenters. The van der Waals surface area contributed by atoms with Crippen LogP contribution in [0, 0.1) is 0 Å². The maximum atomic E-state index is 12.6. The highest BCUT2D eigenvalue weighted by Gasteiger charge is 2.28. The first kappa shape index (κ1) is 20.7. The Morgan fingerprint density at radius 2 is 1.96 bits per heavy atom. The summed E-state index contributed by atoms with van der Waals surface area (Å²) in [6.07, 6.45) is -1.18. The molecule has 0 aromatic heterocycles. The van der Waals surface area contributed by atoms with Gasteiger partial charge >= 0.3 is 0 Å². The summed E-state index contributed by atoms with van der Waals surface area (Å²) in [4.78, 5) is 48.4. The molecule has 2 rings (SSSR count). The highest BCUT2D eigenvalue weighted by atomic mass is 32.2. The molecule has 0 spiro atoms. The highest BCUT2D eigenvalue weighted by molar-refractivity contribution is 7.98. The molecule has 146 valence electrons. The summed E-state index contributed by atoms with van der Waals surface area (Å²) < 4.78 is 0. The number of amides is 4. The van der Waals surface area contributed by atoms with Crippen molar-refractivity contribution in [1.82, 2.24) is 16.0 Å². The van der Waals surface area contributed by atoms with E-state index in [4.69, 9.17) is 5.73 Å². The minimum absolute atomic E-state index is 0.223. The van der Waals surface area contributed by atoms with Crippen molar-refractivity contribution in [3.05, 3.63) is 35.4 Å². The van der Waals surface area contributed by atoms with E-state index in [1.165, 1.54) is 18.7 Å². The van der Waals surface area contributed by atoms with Crippen molar-refractivity contribution in [3.8, 4) is 0 Å². The number of carbonyl (C=O) groups excluding carboxylic acids is 4. The second-order valence-corrected chi connectivity index (χ2v) is 7.13. The monoisotopic (exact) mass is 394 g/mol. The predicted octanol–water partition coefficient (Wildman–Crippen LogP) is -1.50. The van der Waals surface area contributed by atoms with E-state index in [-0.39, 0.29) is 5.75 Å². The number of rotatable bonds is 2. The summed E-state index contributed by atoms with van der Waals surface area (Å²) in [5, 5.41) is 17.2. The fourth-order valence-corrected chi connectivity index (χ4v) is 3.57. The van der Waals surface area contributed by atoms with Gasteiger partial charge in [0.1, 0.15) is 12.1 Å².